The first-order valence-electron chi connectivity index (χ1n) is 8.41. The Bertz CT molecular complexity index is 787. The fraction of sp³-hybridized carbons (Fsp3) is 0.562. The molecule has 1 aliphatic rings. The summed E-state index contributed by atoms with van der Waals surface area (Å²) in [5.74, 6) is -0.386. The third-order valence-corrected chi connectivity index (χ3v) is 5.33. The van der Waals surface area contributed by atoms with Gasteiger partial charge in [-0.15, -0.1) is 10.2 Å². The van der Waals surface area contributed by atoms with Crippen LogP contribution in [0.1, 0.15) is 42.6 Å². The smallest absolute Gasteiger partial charge is 0.229 e. The van der Waals surface area contributed by atoms with Crippen LogP contribution in [-0.4, -0.2) is 45.9 Å². The largest absolute Gasteiger partial charge is 0.378 e. The predicted octanol–water partition coefficient (Wildman–Crippen LogP) is 1.20. The molecule has 2 amide bonds. The lowest BCUT2D eigenvalue weighted by Crippen LogP contribution is -2.32. The number of aromatic nitrogens is 4. The van der Waals surface area contributed by atoms with Crippen LogP contribution < -0.4 is 10.2 Å². The molecule has 9 nitrogen and oxygen atoms in total. The SMILES string of the molecule is COCc1cc(CNC(=O)C2CC(=O)N(c3nnc(C(C)C)s3)C2)[nH]n1. The van der Waals surface area contributed by atoms with Crippen molar-refractivity contribution in [1.82, 2.24) is 25.7 Å². The summed E-state index contributed by atoms with van der Waals surface area (Å²) >= 11 is 1.40. The van der Waals surface area contributed by atoms with Gasteiger partial charge >= 0.3 is 0 Å². The van der Waals surface area contributed by atoms with Gasteiger partial charge in [-0.25, -0.2) is 0 Å². The van der Waals surface area contributed by atoms with Crippen LogP contribution in [0.5, 0.6) is 0 Å². The number of hydrogen-bond acceptors (Lipinski definition) is 7. The van der Waals surface area contributed by atoms with Crippen LogP contribution in [0.3, 0.4) is 0 Å². The van der Waals surface area contributed by atoms with Crippen molar-refractivity contribution in [3.8, 4) is 0 Å². The molecule has 3 heterocycles. The van der Waals surface area contributed by atoms with Crippen LogP contribution >= 0.6 is 11.3 Å². The molecule has 140 valence electrons. The molecule has 26 heavy (non-hydrogen) atoms. The van der Waals surface area contributed by atoms with Gasteiger partial charge in [0.1, 0.15) is 5.01 Å². The number of hydrogen-bond donors (Lipinski definition) is 2. The fourth-order valence-corrected chi connectivity index (χ4v) is 3.56. The number of H-pyrrole nitrogens is 1. The zero-order valence-corrected chi connectivity index (χ0v) is 15.8. The van der Waals surface area contributed by atoms with Crippen LogP contribution in [-0.2, 0) is 27.5 Å². The summed E-state index contributed by atoms with van der Waals surface area (Å²) in [5, 5.41) is 19.4. The molecule has 0 radical (unpaired) electrons. The van der Waals surface area contributed by atoms with Crippen molar-refractivity contribution in [2.45, 2.75) is 39.3 Å². The van der Waals surface area contributed by atoms with E-state index in [4.69, 9.17) is 4.74 Å². The number of aromatic amines is 1. The van der Waals surface area contributed by atoms with E-state index in [0.29, 0.717) is 24.8 Å². The van der Waals surface area contributed by atoms with E-state index < -0.39 is 5.92 Å². The van der Waals surface area contributed by atoms with Gasteiger partial charge in [-0.05, 0) is 6.07 Å². The molecule has 1 fully saturated rings. The summed E-state index contributed by atoms with van der Waals surface area (Å²) in [6.45, 7) is 5.13. The van der Waals surface area contributed by atoms with Gasteiger partial charge in [0.05, 0.1) is 30.5 Å². The standard InChI is InChI=1S/C16H22N6O3S/c1-9(2)15-20-21-16(26-15)22-7-10(4-13(22)23)14(24)17-6-11-5-12(8-25-3)19-18-11/h5,9-10H,4,6-8H2,1-3H3,(H,17,24)(H,18,19). The van der Waals surface area contributed by atoms with Crippen LogP contribution in [0, 0.1) is 5.92 Å². The maximum atomic E-state index is 12.4. The second kappa shape index (κ2) is 7.92. The Balaban J connectivity index is 1.56. The normalized spacial score (nSPS) is 17.3. The van der Waals surface area contributed by atoms with E-state index in [-0.39, 0.29) is 24.2 Å². The van der Waals surface area contributed by atoms with E-state index >= 15 is 0 Å². The topological polar surface area (TPSA) is 113 Å². The Kier molecular flexibility index (Phi) is 5.62. The highest BCUT2D eigenvalue weighted by Gasteiger charge is 2.36. The second-order valence-electron chi connectivity index (χ2n) is 6.52. The summed E-state index contributed by atoms with van der Waals surface area (Å²) in [4.78, 5) is 26.2. The lowest BCUT2D eigenvalue weighted by atomic mass is 10.1. The number of anilines is 1. The first-order chi connectivity index (χ1) is 12.5. The molecule has 1 unspecified atom stereocenters. The Morgan fingerprint density at radius 3 is 3.00 bits per heavy atom. The van der Waals surface area contributed by atoms with Crippen molar-refractivity contribution in [2.75, 3.05) is 18.6 Å². The molecule has 2 N–H and O–H groups in total. The van der Waals surface area contributed by atoms with Gasteiger partial charge in [-0.2, -0.15) is 5.10 Å². The van der Waals surface area contributed by atoms with Crippen molar-refractivity contribution >= 4 is 28.3 Å². The average molecular weight is 378 g/mol. The minimum absolute atomic E-state index is 0.0967. The van der Waals surface area contributed by atoms with E-state index in [1.54, 1.807) is 12.0 Å². The molecule has 2 aromatic heterocycles. The van der Waals surface area contributed by atoms with Crippen LogP contribution in [0.25, 0.3) is 0 Å². The summed E-state index contributed by atoms with van der Waals surface area (Å²) < 4.78 is 5.01. The van der Waals surface area contributed by atoms with E-state index in [2.05, 4.69) is 25.7 Å². The number of carbonyl (C=O) groups excluding carboxylic acids is 2. The zero-order valence-electron chi connectivity index (χ0n) is 15.0. The molecular formula is C16H22N6O3S. The number of methoxy groups -OCH3 is 1. The zero-order chi connectivity index (χ0) is 18.7. The van der Waals surface area contributed by atoms with Crippen molar-refractivity contribution in [2.24, 2.45) is 5.92 Å². The van der Waals surface area contributed by atoms with Crippen molar-refractivity contribution in [3.05, 3.63) is 22.5 Å². The highest BCUT2D eigenvalue weighted by molar-refractivity contribution is 7.15. The number of nitrogens with one attached hydrogen (secondary N) is 2. The molecule has 2 aromatic rings. The highest BCUT2D eigenvalue weighted by atomic mass is 32.1. The summed E-state index contributed by atoms with van der Waals surface area (Å²) in [7, 11) is 1.60. The van der Waals surface area contributed by atoms with Crippen molar-refractivity contribution in [1.29, 1.82) is 0 Å². The summed E-state index contributed by atoms with van der Waals surface area (Å²) in [5.41, 5.74) is 1.56. The fourth-order valence-electron chi connectivity index (χ4n) is 2.69. The first kappa shape index (κ1) is 18.5. The Labute approximate surface area is 155 Å². The number of rotatable bonds is 7. The molecule has 0 aromatic carbocycles. The number of nitrogens with zero attached hydrogens (tertiary/aromatic N) is 4. The molecule has 3 rings (SSSR count). The average Bonchev–Trinajstić information content (AvgIpc) is 3.32. The number of ether oxygens (including phenoxy) is 1. The predicted molar refractivity (Wildman–Crippen MR) is 95.6 cm³/mol. The van der Waals surface area contributed by atoms with Crippen molar-refractivity contribution < 1.29 is 14.3 Å². The molecule has 1 aliphatic heterocycles. The maximum absolute atomic E-state index is 12.4. The molecule has 0 spiro atoms. The molecular weight excluding hydrogens is 356 g/mol. The minimum Gasteiger partial charge on any atom is -0.378 e. The molecule has 1 atom stereocenters. The van der Waals surface area contributed by atoms with Gasteiger partial charge in [0.2, 0.25) is 16.9 Å². The molecule has 0 aliphatic carbocycles. The van der Waals surface area contributed by atoms with Gasteiger partial charge in [0.25, 0.3) is 0 Å². The Hall–Kier alpha value is -2.33. The molecule has 0 bridgehead atoms. The van der Waals surface area contributed by atoms with Gasteiger partial charge in [0.15, 0.2) is 0 Å². The summed E-state index contributed by atoms with van der Waals surface area (Å²) in [6, 6.07) is 1.84. The quantitative estimate of drug-likeness (QED) is 0.748. The second-order valence-corrected chi connectivity index (χ2v) is 7.51. The van der Waals surface area contributed by atoms with Crippen LogP contribution in [0.2, 0.25) is 0 Å². The number of carbonyl (C=O) groups is 2. The van der Waals surface area contributed by atoms with E-state index in [1.807, 2.05) is 19.9 Å². The Morgan fingerprint density at radius 2 is 2.31 bits per heavy atom. The summed E-state index contributed by atoms with van der Waals surface area (Å²) in [6.07, 6.45) is 0.181. The maximum Gasteiger partial charge on any atom is 0.229 e. The molecule has 0 saturated carbocycles. The minimum atomic E-state index is -0.393. The first-order valence-corrected chi connectivity index (χ1v) is 9.23. The highest BCUT2D eigenvalue weighted by Crippen LogP contribution is 2.30. The molecule has 1 saturated heterocycles. The number of amides is 2. The molecule has 10 heteroatoms. The van der Waals surface area contributed by atoms with Gasteiger partial charge in [-0.3, -0.25) is 19.6 Å². The third-order valence-electron chi connectivity index (χ3n) is 4.08. The monoisotopic (exact) mass is 378 g/mol. The lowest BCUT2D eigenvalue weighted by Gasteiger charge is -2.12. The van der Waals surface area contributed by atoms with E-state index in [9.17, 15) is 9.59 Å². The lowest BCUT2D eigenvalue weighted by molar-refractivity contribution is -0.126. The Morgan fingerprint density at radius 1 is 1.50 bits per heavy atom. The van der Waals surface area contributed by atoms with Gasteiger partial charge in [-0.1, -0.05) is 25.2 Å². The van der Waals surface area contributed by atoms with Gasteiger partial charge < -0.3 is 10.1 Å². The van der Waals surface area contributed by atoms with Gasteiger partial charge in [0, 0.05) is 26.0 Å². The van der Waals surface area contributed by atoms with Crippen LogP contribution in [0.4, 0.5) is 5.13 Å². The third kappa shape index (κ3) is 4.07. The van der Waals surface area contributed by atoms with Crippen LogP contribution in [0.15, 0.2) is 6.07 Å². The van der Waals surface area contributed by atoms with Crippen molar-refractivity contribution in [3.63, 3.8) is 0 Å². The van der Waals surface area contributed by atoms with E-state index in [1.165, 1.54) is 11.3 Å². The van der Waals surface area contributed by atoms with E-state index in [0.717, 1.165) is 16.4 Å².